The lowest BCUT2D eigenvalue weighted by molar-refractivity contribution is -0.146. The summed E-state index contributed by atoms with van der Waals surface area (Å²) in [6.07, 6.45) is 1.05. The lowest BCUT2D eigenvalue weighted by Gasteiger charge is -2.29. The average Bonchev–Trinajstić information content (AvgIpc) is 3.88. The summed E-state index contributed by atoms with van der Waals surface area (Å²) in [6, 6.07) is 19.0. The molecule has 0 aliphatic carbocycles. The minimum absolute atomic E-state index is 0.0127. The van der Waals surface area contributed by atoms with E-state index in [9.17, 15) is 24.3 Å². The van der Waals surface area contributed by atoms with Crippen molar-refractivity contribution in [3.8, 4) is 5.75 Å². The molecule has 300 valence electrons. The number of methoxy groups -OCH3 is 1. The molecule has 0 radical (unpaired) electrons. The number of hydrogen-bond donors (Lipinski definition) is 5. The van der Waals surface area contributed by atoms with Gasteiger partial charge >= 0.3 is 12.1 Å². The van der Waals surface area contributed by atoms with Crippen molar-refractivity contribution in [3.63, 3.8) is 0 Å². The molecule has 0 fully saturated rings. The molecule has 7 rings (SSSR count). The number of unbranched alkanes of at least 4 members (excludes halogenated alkanes) is 3. The first kappa shape index (κ1) is 39.3. The van der Waals surface area contributed by atoms with Crippen molar-refractivity contribution in [1.29, 1.82) is 0 Å². The zero-order valence-electron chi connectivity index (χ0n) is 32.5. The van der Waals surface area contributed by atoms with Gasteiger partial charge in [-0.05, 0) is 41.2 Å². The highest BCUT2D eigenvalue weighted by atomic mass is 16.5. The van der Waals surface area contributed by atoms with Crippen molar-refractivity contribution in [3.05, 3.63) is 112 Å². The maximum Gasteiger partial charge on any atom is 0.408 e. The normalized spacial score (nSPS) is 21.3. The number of oxazole rings is 1. The number of anilines is 1. The zero-order valence-corrected chi connectivity index (χ0v) is 32.5. The van der Waals surface area contributed by atoms with Crippen molar-refractivity contribution in [2.24, 2.45) is 5.92 Å². The fraction of sp³-hybridized carbons (Fsp3) is 0.419. The molecule has 14 nitrogen and oxygen atoms in total. The molecule has 1 aromatic heterocycles. The molecule has 6 atom stereocenters. The number of alkyl carbamates (subject to hydrolysis) is 1. The number of amides is 3. The van der Waals surface area contributed by atoms with Gasteiger partial charge in [0.2, 0.25) is 11.8 Å². The van der Waals surface area contributed by atoms with Gasteiger partial charge in [0.05, 0.1) is 13.2 Å². The average molecular weight is 780 g/mol. The predicted octanol–water partition coefficient (Wildman–Crippen LogP) is 5.42. The van der Waals surface area contributed by atoms with E-state index in [2.05, 4.69) is 28.2 Å². The fourth-order valence-corrected chi connectivity index (χ4v) is 7.96. The number of benzene rings is 3. The van der Waals surface area contributed by atoms with Gasteiger partial charge < -0.3 is 45.0 Å². The number of rotatable bonds is 13. The third kappa shape index (κ3) is 7.65. The Morgan fingerprint density at radius 1 is 1.00 bits per heavy atom. The van der Waals surface area contributed by atoms with E-state index in [0.29, 0.717) is 23.3 Å². The van der Waals surface area contributed by atoms with Gasteiger partial charge in [-0.15, -0.1) is 0 Å². The van der Waals surface area contributed by atoms with Gasteiger partial charge in [0.25, 0.3) is 5.91 Å². The summed E-state index contributed by atoms with van der Waals surface area (Å²) in [5, 5.41) is 23.2. The Labute approximate surface area is 331 Å². The largest absolute Gasteiger partial charge is 0.469 e. The molecule has 3 aromatic carbocycles. The van der Waals surface area contributed by atoms with Gasteiger partial charge in [-0.1, -0.05) is 107 Å². The van der Waals surface area contributed by atoms with Crippen LogP contribution in [-0.2, 0) is 37.5 Å². The molecule has 0 saturated carbocycles. The van der Waals surface area contributed by atoms with Gasteiger partial charge in [0.1, 0.15) is 29.9 Å². The second-order valence-electron chi connectivity index (χ2n) is 15.1. The summed E-state index contributed by atoms with van der Waals surface area (Å²) in [6.45, 7) is 5.82. The summed E-state index contributed by atoms with van der Waals surface area (Å²) in [5.41, 5.74) is 2.20. The first-order valence-electron chi connectivity index (χ1n) is 19.6. The molecule has 14 heteroatoms. The first-order valence-corrected chi connectivity index (χ1v) is 19.6. The SMILES string of the molecule is CCCCCCC(O)[C@H](NC(=O)c1nc2oc1C13c4ccccc4NC1Oc1ccc(cc13)C[C@H](NC(=O)OCc1ccccc1)C(=O)N[C@H]2C(C)C)C(=O)OC. The Balaban J connectivity index is 1.32. The Kier molecular flexibility index (Phi) is 11.5. The smallest absolute Gasteiger partial charge is 0.408 e. The van der Waals surface area contributed by atoms with Gasteiger partial charge in [-0.3, -0.25) is 9.59 Å². The number of carbonyl (C=O) groups excluding carboxylic acids is 4. The van der Waals surface area contributed by atoms with E-state index in [1.54, 1.807) is 6.07 Å². The van der Waals surface area contributed by atoms with Gasteiger partial charge in [0, 0.05) is 17.7 Å². The number of aliphatic hydroxyl groups excluding tert-OH is 1. The molecular weight excluding hydrogens is 730 g/mol. The van der Waals surface area contributed by atoms with Crippen LogP contribution in [0.4, 0.5) is 10.5 Å². The second kappa shape index (κ2) is 16.7. The third-order valence-corrected chi connectivity index (χ3v) is 10.9. The van der Waals surface area contributed by atoms with Crippen LogP contribution in [0.5, 0.6) is 5.75 Å². The summed E-state index contributed by atoms with van der Waals surface area (Å²) >= 11 is 0. The van der Waals surface area contributed by atoms with Gasteiger partial charge in [-0.2, -0.15) is 0 Å². The van der Waals surface area contributed by atoms with Crippen molar-refractivity contribution >= 4 is 29.6 Å². The van der Waals surface area contributed by atoms with Crippen LogP contribution in [-0.4, -0.2) is 65.5 Å². The molecule has 3 amide bonds. The summed E-state index contributed by atoms with van der Waals surface area (Å²) in [5.74, 6) is -1.75. The quantitative estimate of drug-likeness (QED) is 0.0861. The highest BCUT2D eigenvalue weighted by Crippen LogP contribution is 2.58. The molecule has 57 heavy (non-hydrogen) atoms. The van der Waals surface area contributed by atoms with Crippen LogP contribution < -0.4 is 26.0 Å². The van der Waals surface area contributed by atoms with E-state index in [-0.39, 0.29) is 42.7 Å². The molecule has 3 aliphatic heterocycles. The van der Waals surface area contributed by atoms with Crippen LogP contribution in [0.2, 0.25) is 0 Å². The van der Waals surface area contributed by atoms with Gasteiger partial charge in [-0.25, -0.2) is 14.6 Å². The monoisotopic (exact) mass is 779 g/mol. The van der Waals surface area contributed by atoms with Crippen LogP contribution in [0.3, 0.4) is 0 Å². The lowest BCUT2D eigenvalue weighted by atomic mass is 9.72. The Morgan fingerprint density at radius 2 is 1.77 bits per heavy atom. The number of hydrogen-bond acceptors (Lipinski definition) is 11. The summed E-state index contributed by atoms with van der Waals surface area (Å²) in [7, 11) is 1.20. The van der Waals surface area contributed by atoms with Crippen LogP contribution in [0.25, 0.3) is 0 Å². The van der Waals surface area contributed by atoms with E-state index in [1.165, 1.54) is 7.11 Å². The molecular formula is C43H49N5O9. The van der Waals surface area contributed by atoms with Crippen molar-refractivity contribution < 1.29 is 42.9 Å². The molecule has 0 saturated heterocycles. The number of ether oxygens (including phenoxy) is 3. The number of esters is 1. The summed E-state index contributed by atoms with van der Waals surface area (Å²) < 4.78 is 23.9. The number of fused-ring (bicyclic) bond motifs is 4. The van der Waals surface area contributed by atoms with E-state index in [0.717, 1.165) is 36.1 Å². The highest BCUT2D eigenvalue weighted by Gasteiger charge is 2.61. The number of nitrogens with one attached hydrogen (secondary N) is 4. The predicted molar refractivity (Wildman–Crippen MR) is 208 cm³/mol. The molecule has 1 spiro atoms. The molecule has 3 aliphatic rings. The number of nitrogens with zero attached hydrogens (tertiary/aromatic N) is 1. The second-order valence-corrected chi connectivity index (χ2v) is 15.1. The van der Waals surface area contributed by atoms with Crippen molar-refractivity contribution in [2.45, 2.75) is 102 Å². The van der Waals surface area contributed by atoms with Crippen LogP contribution in [0.15, 0.2) is 77.2 Å². The molecule has 4 bridgehead atoms. The number of carbonyl (C=O) groups is 4. The van der Waals surface area contributed by atoms with Gasteiger partial charge in [0.15, 0.2) is 23.7 Å². The maximum absolute atomic E-state index is 14.6. The molecule has 4 aromatic rings. The van der Waals surface area contributed by atoms with Crippen LogP contribution in [0.1, 0.15) is 103 Å². The standard InChI is InChI=1S/C43H49N5O9/c1-5-6-7-11-18-31(49)34(40(52)54-4)47-38(51)35-36-43-27-16-12-13-17-29(27)44-41(43)56-32-20-19-26(21-28(32)43)22-30(37(50)46-33(24(2)3)39(48-35)57-36)45-42(53)55-23-25-14-9-8-10-15-25/h8-10,12-17,19-21,24,30-31,33-34,41,44,49H,5-7,11,18,22-23H2,1-4H3,(H,45,53)(H,46,50)(H,47,51)/t30-,31?,33-,34-,41?,43?/m0/s1. The van der Waals surface area contributed by atoms with Crippen LogP contribution >= 0.6 is 0 Å². The van der Waals surface area contributed by atoms with Crippen molar-refractivity contribution in [2.75, 3.05) is 12.4 Å². The Morgan fingerprint density at radius 3 is 2.53 bits per heavy atom. The maximum atomic E-state index is 14.6. The molecule has 4 heterocycles. The topological polar surface area (TPSA) is 190 Å². The Bertz CT molecular complexity index is 2120. The summed E-state index contributed by atoms with van der Waals surface area (Å²) in [4.78, 5) is 59.9. The number of aromatic nitrogens is 1. The molecule has 5 N–H and O–H groups in total. The fourth-order valence-electron chi connectivity index (χ4n) is 7.96. The minimum Gasteiger partial charge on any atom is -0.469 e. The third-order valence-electron chi connectivity index (χ3n) is 10.9. The Hall–Kier alpha value is -5.89. The molecule has 3 unspecified atom stereocenters. The van der Waals surface area contributed by atoms with E-state index >= 15 is 0 Å². The minimum atomic E-state index is -1.39. The van der Waals surface area contributed by atoms with E-state index in [1.807, 2.05) is 80.6 Å². The van der Waals surface area contributed by atoms with E-state index in [4.69, 9.17) is 23.6 Å². The zero-order chi connectivity index (χ0) is 40.3. The lowest BCUT2D eigenvalue weighted by Crippen LogP contribution is -2.50. The number of para-hydroxylation sites is 1. The van der Waals surface area contributed by atoms with Crippen LogP contribution in [0, 0.1) is 5.92 Å². The van der Waals surface area contributed by atoms with Crippen molar-refractivity contribution in [1.82, 2.24) is 20.9 Å². The number of aliphatic hydroxyl groups is 1. The highest BCUT2D eigenvalue weighted by molar-refractivity contribution is 5.97. The van der Waals surface area contributed by atoms with E-state index < -0.39 is 59.7 Å². The first-order chi connectivity index (χ1) is 27.5.